The predicted molar refractivity (Wildman–Crippen MR) is 57.5 cm³/mol. The van der Waals surface area contributed by atoms with E-state index in [1.165, 1.54) is 6.08 Å². The van der Waals surface area contributed by atoms with E-state index in [4.69, 9.17) is 22.0 Å². The molecule has 0 bridgehead atoms. The predicted octanol–water partition coefficient (Wildman–Crippen LogP) is 2.70. The Balaban J connectivity index is 2.93. The highest BCUT2D eigenvalue weighted by Crippen LogP contribution is 2.16. The van der Waals surface area contributed by atoms with Gasteiger partial charge in [-0.25, -0.2) is 0 Å². The fourth-order valence-corrected chi connectivity index (χ4v) is 1.24. The van der Waals surface area contributed by atoms with E-state index in [0.29, 0.717) is 16.1 Å². The minimum absolute atomic E-state index is 0.0720. The van der Waals surface area contributed by atoms with E-state index in [1.807, 2.05) is 6.07 Å². The van der Waals surface area contributed by atoms with Gasteiger partial charge in [0.05, 0.1) is 18.1 Å². The van der Waals surface area contributed by atoms with Crippen LogP contribution in [0, 0.1) is 11.3 Å². The van der Waals surface area contributed by atoms with Crippen LogP contribution in [0.5, 0.6) is 0 Å². The molecule has 0 aliphatic rings. The Morgan fingerprint density at radius 1 is 1.60 bits per heavy atom. The van der Waals surface area contributed by atoms with Gasteiger partial charge in [0.25, 0.3) is 0 Å². The molecule has 0 heterocycles. The van der Waals surface area contributed by atoms with Crippen LogP contribution in [0.25, 0.3) is 6.08 Å². The molecule has 0 unspecified atom stereocenters. The van der Waals surface area contributed by atoms with E-state index >= 15 is 0 Å². The second-order valence-corrected chi connectivity index (χ2v) is 3.28. The molecule has 1 N–H and O–H groups in total. The summed E-state index contributed by atoms with van der Waals surface area (Å²) < 4.78 is 0. The van der Waals surface area contributed by atoms with Crippen LogP contribution in [0.3, 0.4) is 0 Å². The molecule has 3 nitrogen and oxygen atoms in total. The van der Waals surface area contributed by atoms with Crippen molar-refractivity contribution in [3.8, 4) is 6.07 Å². The third-order valence-electron chi connectivity index (χ3n) is 1.72. The molecule has 0 spiro atoms. The third kappa shape index (κ3) is 3.45. The highest BCUT2D eigenvalue weighted by Gasteiger charge is 1.99. The minimum Gasteiger partial charge on any atom is -0.481 e. The first-order chi connectivity index (χ1) is 7.13. The van der Waals surface area contributed by atoms with Gasteiger partial charge >= 0.3 is 5.97 Å². The second kappa shape index (κ2) is 5.18. The molecule has 76 valence electrons. The lowest BCUT2D eigenvalue weighted by Gasteiger charge is -1.97. The smallest absolute Gasteiger partial charge is 0.307 e. The zero-order valence-electron chi connectivity index (χ0n) is 7.77. The summed E-state index contributed by atoms with van der Waals surface area (Å²) in [5.41, 5.74) is 1.10. The summed E-state index contributed by atoms with van der Waals surface area (Å²) in [6.45, 7) is 0. The summed E-state index contributed by atoms with van der Waals surface area (Å²) in [6.07, 6.45) is 2.99. The van der Waals surface area contributed by atoms with Crippen LogP contribution < -0.4 is 0 Å². The van der Waals surface area contributed by atoms with Crippen molar-refractivity contribution in [3.05, 3.63) is 40.4 Å². The number of hydrogen-bond acceptors (Lipinski definition) is 2. The normalized spacial score (nSPS) is 10.1. The number of rotatable bonds is 3. The highest BCUT2D eigenvalue weighted by atomic mass is 35.5. The van der Waals surface area contributed by atoms with Gasteiger partial charge in [0.2, 0.25) is 0 Å². The van der Waals surface area contributed by atoms with E-state index in [9.17, 15) is 4.79 Å². The largest absolute Gasteiger partial charge is 0.481 e. The van der Waals surface area contributed by atoms with Crippen LogP contribution in [-0.2, 0) is 4.79 Å². The van der Waals surface area contributed by atoms with E-state index in [1.54, 1.807) is 24.3 Å². The molecular weight excluding hydrogens is 214 g/mol. The van der Waals surface area contributed by atoms with Crippen LogP contribution in [0.2, 0.25) is 5.02 Å². The van der Waals surface area contributed by atoms with Gasteiger partial charge in [0.1, 0.15) is 0 Å². The van der Waals surface area contributed by atoms with Gasteiger partial charge in [-0.3, -0.25) is 4.79 Å². The van der Waals surface area contributed by atoms with Crippen LogP contribution in [0.4, 0.5) is 0 Å². The summed E-state index contributed by atoms with van der Waals surface area (Å²) in [5, 5.41) is 17.7. The Morgan fingerprint density at radius 3 is 2.93 bits per heavy atom. The van der Waals surface area contributed by atoms with Crippen molar-refractivity contribution in [3.63, 3.8) is 0 Å². The Kier molecular flexibility index (Phi) is 3.90. The molecule has 1 rings (SSSR count). The molecule has 0 aliphatic heterocycles. The molecule has 0 saturated heterocycles. The van der Waals surface area contributed by atoms with Crippen molar-refractivity contribution in [2.24, 2.45) is 0 Å². The maximum atomic E-state index is 10.3. The summed E-state index contributed by atoms with van der Waals surface area (Å²) >= 11 is 5.76. The van der Waals surface area contributed by atoms with E-state index in [0.717, 1.165) is 0 Å². The summed E-state index contributed by atoms with van der Waals surface area (Å²) in [6, 6.07) is 6.85. The van der Waals surface area contributed by atoms with Crippen molar-refractivity contribution in [2.45, 2.75) is 6.42 Å². The Labute approximate surface area is 92.2 Å². The summed E-state index contributed by atoms with van der Waals surface area (Å²) in [5.74, 6) is -0.910. The topological polar surface area (TPSA) is 61.1 Å². The molecule has 0 amide bonds. The van der Waals surface area contributed by atoms with Crippen molar-refractivity contribution < 1.29 is 9.90 Å². The number of nitrogens with zero attached hydrogens (tertiary/aromatic N) is 1. The zero-order valence-corrected chi connectivity index (χ0v) is 8.53. The lowest BCUT2D eigenvalue weighted by Crippen LogP contribution is -1.90. The first kappa shape index (κ1) is 11.3. The highest BCUT2D eigenvalue weighted by molar-refractivity contribution is 6.30. The molecule has 0 atom stereocenters. The standard InChI is InChI=1S/C11H8ClNO2/c12-10-5-4-9(7-13)8(6-10)2-1-3-11(14)15/h1-2,4-6H,3H2,(H,14,15). The fourth-order valence-electron chi connectivity index (χ4n) is 1.06. The van der Waals surface area contributed by atoms with Gasteiger partial charge in [-0.05, 0) is 23.8 Å². The number of carboxylic acids is 1. The molecule has 0 aliphatic carbocycles. The minimum atomic E-state index is -0.910. The van der Waals surface area contributed by atoms with Gasteiger partial charge in [-0.2, -0.15) is 5.26 Å². The first-order valence-corrected chi connectivity index (χ1v) is 4.59. The van der Waals surface area contributed by atoms with Crippen LogP contribution in [0.15, 0.2) is 24.3 Å². The number of carbonyl (C=O) groups is 1. The van der Waals surface area contributed by atoms with Crippen LogP contribution in [0.1, 0.15) is 17.5 Å². The first-order valence-electron chi connectivity index (χ1n) is 4.21. The number of benzene rings is 1. The number of halogens is 1. The molecule has 0 fully saturated rings. The molecule has 0 saturated carbocycles. The molecule has 15 heavy (non-hydrogen) atoms. The Morgan fingerprint density at radius 2 is 2.33 bits per heavy atom. The van der Waals surface area contributed by atoms with Crippen LogP contribution >= 0.6 is 11.6 Å². The molecule has 1 aromatic rings. The van der Waals surface area contributed by atoms with Crippen molar-refractivity contribution >= 4 is 23.6 Å². The van der Waals surface area contributed by atoms with Gasteiger partial charge < -0.3 is 5.11 Å². The van der Waals surface area contributed by atoms with Gasteiger partial charge in [0, 0.05) is 5.02 Å². The van der Waals surface area contributed by atoms with Crippen molar-refractivity contribution in [1.29, 1.82) is 5.26 Å². The molecular formula is C11H8ClNO2. The molecule has 4 heteroatoms. The average molecular weight is 222 g/mol. The quantitative estimate of drug-likeness (QED) is 0.854. The van der Waals surface area contributed by atoms with Gasteiger partial charge in [-0.1, -0.05) is 23.8 Å². The number of carboxylic acid groups (broad SMARTS) is 1. The third-order valence-corrected chi connectivity index (χ3v) is 1.96. The van der Waals surface area contributed by atoms with Crippen molar-refractivity contribution in [1.82, 2.24) is 0 Å². The van der Waals surface area contributed by atoms with E-state index in [-0.39, 0.29) is 6.42 Å². The van der Waals surface area contributed by atoms with Crippen molar-refractivity contribution in [2.75, 3.05) is 0 Å². The Hall–Kier alpha value is -1.79. The second-order valence-electron chi connectivity index (χ2n) is 2.84. The van der Waals surface area contributed by atoms with E-state index < -0.39 is 5.97 Å². The number of nitriles is 1. The molecule has 1 aromatic carbocycles. The number of hydrogen-bond donors (Lipinski definition) is 1. The lowest BCUT2D eigenvalue weighted by molar-refractivity contribution is -0.135. The van der Waals surface area contributed by atoms with Crippen LogP contribution in [-0.4, -0.2) is 11.1 Å². The molecule has 0 radical (unpaired) electrons. The maximum Gasteiger partial charge on any atom is 0.307 e. The fraction of sp³-hybridized carbons (Fsp3) is 0.0909. The SMILES string of the molecule is N#Cc1ccc(Cl)cc1C=CCC(=O)O. The van der Waals surface area contributed by atoms with E-state index in [2.05, 4.69) is 0 Å². The molecule has 0 aromatic heterocycles. The monoisotopic (exact) mass is 221 g/mol. The lowest BCUT2D eigenvalue weighted by atomic mass is 10.1. The zero-order chi connectivity index (χ0) is 11.3. The Bertz CT molecular complexity index is 446. The summed E-state index contributed by atoms with van der Waals surface area (Å²) in [4.78, 5) is 10.3. The average Bonchev–Trinajstić information content (AvgIpc) is 2.17. The van der Waals surface area contributed by atoms with Gasteiger partial charge in [0.15, 0.2) is 0 Å². The number of aliphatic carboxylic acids is 1. The van der Waals surface area contributed by atoms with Gasteiger partial charge in [-0.15, -0.1) is 0 Å². The summed E-state index contributed by atoms with van der Waals surface area (Å²) in [7, 11) is 0. The maximum absolute atomic E-state index is 10.3.